The smallest absolute Gasteiger partial charge is 0.344 e. The maximum atomic E-state index is 12.7. The highest BCUT2D eigenvalue weighted by molar-refractivity contribution is 6.13. The molecule has 0 radical (unpaired) electrons. The quantitative estimate of drug-likeness (QED) is 0.326. The Bertz CT molecular complexity index is 1090. The van der Waals surface area contributed by atoms with Gasteiger partial charge in [0.15, 0.2) is 25.3 Å². The van der Waals surface area contributed by atoms with Gasteiger partial charge in [-0.05, 0) is 24.3 Å². The first-order valence-corrected chi connectivity index (χ1v) is 9.39. The minimum Gasteiger partial charge on any atom is -0.481 e. The second-order valence-corrected chi connectivity index (χ2v) is 6.39. The number of ketones is 1. The largest absolute Gasteiger partial charge is 0.481 e. The number of amides is 1. The van der Waals surface area contributed by atoms with Crippen LogP contribution in [0, 0.1) is 0 Å². The SMILES string of the molecule is O=Cc1ccccc1OCC(=O)OCC(=O)Nc1ccccc1C(=O)c1ccccc1. The van der Waals surface area contributed by atoms with E-state index < -0.39 is 25.1 Å². The van der Waals surface area contributed by atoms with Crippen molar-refractivity contribution in [1.29, 1.82) is 0 Å². The molecule has 0 fully saturated rings. The van der Waals surface area contributed by atoms with E-state index in [0.29, 0.717) is 28.7 Å². The first-order chi connectivity index (χ1) is 15.1. The first-order valence-electron chi connectivity index (χ1n) is 9.39. The maximum Gasteiger partial charge on any atom is 0.344 e. The Morgan fingerprint density at radius 3 is 2.26 bits per heavy atom. The van der Waals surface area contributed by atoms with Gasteiger partial charge in [-0.2, -0.15) is 0 Å². The molecule has 0 heterocycles. The van der Waals surface area contributed by atoms with Crippen LogP contribution in [-0.2, 0) is 14.3 Å². The van der Waals surface area contributed by atoms with Crippen molar-refractivity contribution in [1.82, 2.24) is 0 Å². The topological polar surface area (TPSA) is 98.8 Å². The Balaban J connectivity index is 1.55. The number of esters is 1. The predicted molar refractivity (Wildman–Crippen MR) is 113 cm³/mol. The third-order valence-electron chi connectivity index (χ3n) is 4.24. The van der Waals surface area contributed by atoms with Crippen molar-refractivity contribution in [3.05, 3.63) is 95.6 Å². The van der Waals surface area contributed by atoms with Gasteiger partial charge in [-0.1, -0.05) is 54.6 Å². The van der Waals surface area contributed by atoms with Crippen LogP contribution in [0.1, 0.15) is 26.3 Å². The van der Waals surface area contributed by atoms with E-state index in [1.165, 1.54) is 0 Å². The van der Waals surface area contributed by atoms with Crippen LogP contribution in [-0.4, -0.2) is 37.2 Å². The highest BCUT2D eigenvalue weighted by Gasteiger charge is 2.16. The van der Waals surface area contributed by atoms with Gasteiger partial charge in [0, 0.05) is 11.1 Å². The van der Waals surface area contributed by atoms with Crippen LogP contribution in [0.4, 0.5) is 5.69 Å². The minimum atomic E-state index is -0.774. The summed E-state index contributed by atoms with van der Waals surface area (Å²) in [6, 6.07) is 21.7. The summed E-state index contributed by atoms with van der Waals surface area (Å²) in [5.41, 5.74) is 1.42. The summed E-state index contributed by atoms with van der Waals surface area (Å²) in [4.78, 5) is 47.7. The standard InChI is InChI=1S/C24H19NO6/c26-14-18-10-4-7-13-21(18)30-16-23(28)31-15-22(27)25-20-12-6-5-11-19(20)24(29)17-8-2-1-3-9-17/h1-14H,15-16H2,(H,25,27). The summed E-state index contributed by atoms with van der Waals surface area (Å²) in [6.07, 6.45) is 0.613. The molecule has 0 saturated carbocycles. The van der Waals surface area contributed by atoms with Gasteiger partial charge in [0.25, 0.3) is 5.91 Å². The number of hydrogen-bond donors (Lipinski definition) is 1. The predicted octanol–water partition coefficient (Wildman–Crippen LogP) is 3.29. The van der Waals surface area contributed by atoms with Crippen molar-refractivity contribution in [2.75, 3.05) is 18.5 Å². The number of hydrogen-bond acceptors (Lipinski definition) is 6. The van der Waals surface area contributed by atoms with E-state index >= 15 is 0 Å². The van der Waals surface area contributed by atoms with Crippen LogP contribution < -0.4 is 10.1 Å². The van der Waals surface area contributed by atoms with Gasteiger partial charge in [0.05, 0.1) is 11.3 Å². The van der Waals surface area contributed by atoms with Gasteiger partial charge >= 0.3 is 5.97 Å². The molecule has 0 aromatic heterocycles. The number of para-hydroxylation sites is 2. The molecule has 0 spiro atoms. The van der Waals surface area contributed by atoms with Crippen molar-refractivity contribution in [2.24, 2.45) is 0 Å². The summed E-state index contributed by atoms with van der Waals surface area (Å²) in [5.74, 6) is -1.37. The molecule has 1 N–H and O–H groups in total. The van der Waals surface area contributed by atoms with Crippen molar-refractivity contribution in [2.45, 2.75) is 0 Å². The zero-order chi connectivity index (χ0) is 22.1. The Labute approximate surface area is 178 Å². The van der Waals surface area contributed by atoms with Gasteiger partial charge in [0.2, 0.25) is 0 Å². The van der Waals surface area contributed by atoms with E-state index in [1.807, 2.05) is 0 Å². The van der Waals surface area contributed by atoms with Gasteiger partial charge in [-0.25, -0.2) is 4.79 Å². The number of anilines is 1. The second kappa shape index (κ2) is 10.5. The lowest BCUT2D eigenvalue weighted by Crippen LogP contribution is -2.24. The fourth-order valence-electron chi connectivity index (χ4n) is 2.76. The molecule has 31 heavy (non-hydrogen) atoms. The zero-order valence-corrected chi connectivity index (χ0v) is 16.4. The van der Waals surface area contributed by atoms with Crippen LogP contribution >= 0.6 is 0 Å². The molecule has 3 rings (SSSR count). The molecule has 7 heteroatoms. The fourth-order valence-corrected chi connectivity index (χ4v) is 2.76. The monoisotopic (exact) mass is 417 g/mol. The number of benzene rings is 3. The Morgan fingerprint density at radius 2 is 1.48 bits per heavy atom. The molecule has 1 amide bonds. The molecule has 0 aliphatic heterocycles. The average Bonchev–Trinajstić information content (AvgIpc) is 2.82. The zero-order valence-electron chi connectivity index (χ0n) is 16.4. The van der Waals surface area contributed by atoms with Crippen LogP contribution in [0.25, 0.3) is 0 Å². The van der Waals surface area contributed by atoms with Gasteiger partial charge in [-0.3, -0.25) is 14.4 Å². The van der Waals surface area contributed by atoms with Crippen molar-refractivity contribution < 1.29 is 28.7 Å². The first kappa shape index (κ1) is 21.4. The number of aldehydes is 1. The molecule has 0 atom stereocenters. The second-order valence-electron chi connectivity index (χ2n) is 6.39. The molecular formula is C24H19NO6. The molecule has 0 bridgehead atoms. The van der Waals surface area contributed by atoms with Crippen LogP contribution in [0.15, 0.2) is 78.9 Å². The van der Waals surface area contributed by atoms with Crippen molar-refractivity contribution in [3.63, 3.8) is 0 Å². The highest BCUT2D eigenvalue weighted by Crippen LogP contribution is 2.19. The molecule has 0 saturated heterocycles. The molecule has 0 aliphatic carbocycles. The third-order valence-corrected chi connectivity index (χ3v) is 4.24. The van der Waals surface area contributed by atoms with E-state index in [4.69, 9.17) is 9.47 Å². The molecule has 3 aromatic rings. The van der Waals surface area contributed by atoms with Crippen molar-refractivity contribution in [3.8, 4) is 5.75 Å². The summed E-state index contributed by atoms with van der Waals surface area (Å²) in [7, 11) is 0. The lowest BCUT2D eigenvalue weighted by Gasteiger charge is -2.11. The van der Waals surface area contributed by atoms with E-state index in [-0.39, 0.29) is 11.5 Å². The molecule has 7 nitrogen and oxygen atoms in total. The van der Waals surface area contributed by atoms with Gasteiger partial charge < -0.3 is 14.8 Å². The Hall–Kier alpha value is -4.26. The van der Waals surface area contributed by atoms with Gasteiger partial charge in [-0.15, -0.1) is 0 Å². The maximum absolute atomic E-state index is 12.7. The number of carbonyl (C=O) groups is 4. The van der Waals surface area contributed by atoms with Crippen LogP contribution in [0.5, 0.6) is 5.75 Å². The van der Waals surface area contributed by atoms with E-state index in [1.54, 1.807) is 78.9 Å². The van der Waals surface area contributed by atoms with E-state index in [2.05, 4.69) is 5.32 Å². The summed E-state index contributed by atoms with van der Waals surface area (Å²) < 4.78 is 10.2. The molecule has 156 valence electrons. The number of nitrogens with one attached hydrogen (secondary N) is 1. The summed E-state index contributed by atoms with van der Waals surface area (Å²) in [6.45, 7) is -1.01. The number of rotatable bonds is 9. The van der Waals surface area contributed by atoms with Gasteiger partial charge in [0.1, 0.15) is 5.75 Å². The van der Waals surface area contributed by atoms with Crippen molar-refractivity contribution >= 4 is 29.6 Å². The van der Waals surface area contributed by atoms with E-state index in [9.17, 15) is 19.2 Å². The fraction of sp³-hybridized carbons (Fsp3) is 0.0833. The lowest BCUT2D eigenvalue weighted by molar-refractivity contribution is -0.149. The Kier molecular flexibility index (Phi) is 7.26. The van der Waals surface area contributed by atoms with Crippen LogP contribution in [0.2, 0.25) is 0 Å². The average molecular weight is 417 g/mol. The molecular weight excluding hydrogens is 398 g/mol. The molecule has 0 unspecified atom stereocenters. The number of ether oxygens (including phenoxy) is 2. The normalized spacial score (nSPS) is 10.1. The minimum absolute atomic E-state index is 0.240. The summed E-state index contributed by atoms with van der Waals surface area (Å²) >= 11 is 0. The molecule has 3 aromatic carbocycles. The van der Waals surface area contributed by atoms with Crippen LogP contribution in [0.3, 0.4) is 0 Å². The molecule has 0 aliphatic rings. The number of carbonyl (C=O) groups excluding carboxylic acids is 4. The summed E-state index contributed by atoms with van der Waals surface area (Å²) in [5, 5.41) is 2.58. The Morgan fingerprint density at radius 1 is 0.806 bits per heavy atom. The van der Waals surface area contributed by atoms with E-state index in [0.717, 1.165) is 0 Å². The third kappa shape index (κ3) is 5.86. The lowest BCUT2D eigenvalue weighted by atomic mass is 10.0. The highest BCUT2D eigenvalue weighted by atomic mass is 16.6.